The van der Waals surface area contributed by atoms with Crippen LogP contribution in [0, 0.1) is 5.41 Å². The number of likely N-dealkylation sites (tertiary alicyclic amines) is 1. The Kier molecular flexibility index (Phi) is 3.56. The van der Waals surface area contributed by atoms with E-state index in [0.717, 1.165) is 23.3 Å². The summed E-state index contributed by atoms with van der Waals surface area (Å²) in [6, 6.07) is 0. The fourth-order valence-corrected chi connectivity index (χ4v) is 2.89. The van der Waals surface area contributed by atoms with Crippen LogP contribution in [-0.4, -0.2) is 41.1 Å². The molecule has 2 aliphatic rings. The number of rotatable bonds is 2. The van der Waals surface area contributed by atoms with Gasteiger partial charge in [-0.25, -0.2) is 0 Å². The molecule has 20 heavy (non-hydrogen) atoms. The van der Waals surface area contributed by atoms with E-state index in [2.05, 4.69) is 0 Å². The molecule has 2 rings (SSSR count). The molecule has 0 aromatic rings. The highest BCUT2D eigenvalue weighted by atomic mass is 19.4. The molecule has 1 fully saturated rings. The van der Waals surface area contributed by atoms with Crippen molar-refractivity contribution in [1.29, 1.82) is 0 Å². The minimum Gasteiger partial charge on any atom is -0.481 e. The van der Waals surface area contributed by atoms with Crippen molar-refractivity contribution in [1.82, 2.24) is 4.90 Å². The Hall–Kier alpha value is -1.53. The summed E-state index contributed by atoms with van der Waals surface area (Å²) in [4.78, 5) is 24.3. The predicted octanol–water partition coefficient (Wildman–Crippen LogP) is 2.35. The lowest BCUT2D eigenvalue weighted by molar-refractivity contribution is -0.227. The predicted molar refractivity (Wildman–Crippen MR) is 63.9 cm³/mol. The number of aliphatic carboxylic acids is 1. The van der Waals surface area contributed by atoms with Crippen molar-refractivity contribution < 1.29 is 27.9 Å². The van der Waals surface area contributed by atoms with Crippen molar-refractivity contribution in [2.75, 3.05) is 13.1 Å². The Morgan fingerprint density at radius 3 is 2.35 bits per heavy atom. The Bertz CT molecular complexity index is 484. The second-order valence-corrected chi connectivity index (χ2v) is 5.47. The molecule has 7 heteroatoms. The van der Waals surface area contributed by atoms with Crippen molar-refractivity contribution in [3.8, 4) is 0 Å². The molecule has 1 saturated heterocycles. The van der Waals surface area contributed by atoms with Crippen LogP contribution in [0.15, 0.2) is 11.1 Å². The van der Waals surface area contributed by atoms with Gasteiger partial charge in [0.2, 0.25) is 5.91 Å². The van der Waals surface area contributed by atoms with Crippen LogP contribution in [0.2, 0.25) is 0 Å². The first kappa shape index (κ1) is 14.9. The number of nitrogens with zero attached hydrogens (tertiary/aromatic N) is 1. The van der Waals surface area contributed by atoms with E-state index in [0.29, 0.717) is 12.0 Å². The van der Waals surface area contributed by atoms with Crippen LogP contribution in [0.3, 0.4) is 0 Å². The largest absolute Gasteiger partial charge is 0.481 e. The van der Waals surface area contributed by atoms with Gasteiger partial charge in [-0.05, 0) is 32.6 Å². The molecule has 1 unspecified atom stereocenters. The maximum absolute atomic E-state index is 13.0. The lowest BCUT2D eigenvalue weighted by atomic mass is 9.86. The molecule has 1 atom stereocenters. The van der Waals surface area contributed by atoms with Gasteiger partial charge < -0.3 is 10.0 Å². The zero-order valence-corrected chi connectivity index (χ0v) is 11.1. The van der Waals surface area contributed by atoms with Gasteiger partial charge in [-0.15, -0.1) is 0 Å². The van der Waals surface area contributed by atoms with E-state index in [1.165, 1.54) is 0 Å². The van der Waals surface area contributed by atoms with Gasteiger partial charge in [-0.1, -0.05) is 5.57 Å². The first-order valence-electron chi connectivity index (χ1n) is 6.47. The molecule has 0 aromatic carbocycles. The number of amides is 1. The number of alkyl halides is 3. The van der Waals surface area contributed by atoms with E-state index in [1.807, 2.05) is 0 Å². The van der Waals surface area contributed by atoms with E-state index in [9.17, 15) is 22.8 Å². The van der Waals surface area contributed by atoms with Gasteiger partial charge in [-0.3, -0.25) is 9.59 Å². The Balaban J connectivity index is 2.21. The van der Waals surface area contributed by atoms with Crippen LogP contribution >= 0.6 is 0 Å². The van der Waals surface area contributed by atoms with E-state index >= 15 is 0 Å². The Morgan fingerprint density at radius 2 is 1.95 bits per heavy atom. The topological polar surface area (TPSA) is 57.6 Å². The van der Waals surface area contributed by atoms with Gasteiger partial charge >= 0.3 is 12.1 Å². The van der Waals surface area contributed by atoms with E-state index in [1.54, 1.807) is 6.92 Å². The van der Waals surface area contributed by atoms with Crippen LogP contribution in [0.5, 0.6) is 0 Å². The summed E-state index contributed by atoms with van der Waals surface area (Å²) in [6.45, 7) is 0.841. The van der Waals surface area contributed by atoms with Gasteiger partial charge in [0, 0.05) is 18.7 Å². The van der Waals surface area contributed by atoms with Crippen molar-refractivity contribution in [2.24, 2.45) is 5.41 Å². The molecule has 1 N–H and O–H groups in total. The quantitative estimate of drug-likeness (QED) is 0.849. The first-order chi connectivity index (χ1) is 9.19. The van der Waals surface area contributed by atoms with Crippen LogP contribution in [0.25, 0.3) is 0 Å². The van der Waals surface area contributed by atoms with Crippen LogP contribution in [0.1, 0.15) is 32.6 Å². The lowest BCUT2D eigenvalue weighted by Crippen LogP contribution is -2.47. The number of halogens is 3. The van der Waals surface area contributed by atoms with Crippen molar-refractivity contribution in [2.45, 2.75) is 38.8 Å². The molecule has 0 bridgehead atoms. The van der Waals surface area contributed by atoms with Gasteiger partial charge in [0.15, 0.2) is 5.41 Å². The number of carbonyl (C=O) groups is 2. The standard InChI is InChI=1S/C13H16F3NO3/c1-8-3-2-4-9(8)10(18)17-6-5-12(7-17,11(19)20)13(14,15)16/h2-7H2,1H3,(H,19,20). The Morgan fingerprint density at radius 1 is 1.30 bits per heavy atom. The first-order valence-corrected chi connectivity index (χ1v) is 6.47. The summed E-state index contributed by atoms with van der Waals surface area (Å²) in [5.74, 6) is -2.34. The zero-order chi connectivity index (χ0) is 15.1. The van der Waals surface area contributed by atoms with Gasteiger partial charge in [0.05, 0.1) is 0 Å². The molecule has 112 valence electrons. The molecule has 0 saturated carbocycles. The maximum Gasteiger partial charge on any atom is 0.406 e. The van der Waals surface area contributed by atoms with Gasteiger partial charge in [0.25, 0.3) is 0 Å². The third-order valence-corrected chi connectivity index (χ3v) is 4.26. The monoisotopic (exact) mass is 291 g/mol. The Labute approximate surface area is 114 Å². The molecule has 1 aliphatic carbocycles. The van der Waals surface area contributed by atoms with Crippen LogP contribution < -0.4 is 0 Å². The summed E-state index contributed by atoms with van der Waals surface area (Å²) < 4.78 is 39.1. The fraction of sp³-hybridized carbons (Fsp3) is 0.692. The molecular formula is C13H16F3NO3. The molecule has 4 nitrogen and oxygen atoms in total. The second kappa shape index (κ2) is 4.79. The SMILES string of the molecule is CC1=C(C(=O)N2CCC(C(=O)O)(C(F)(F)F)C2)CCC1. The fourth-order valence-electron chi connectivity index (χ4n) is 2.89. The third kappa shape index (κ3) is 2.19. The van der Waals surface area contributed by atoms with Crippen molar-refractivity contribution >= 4 is 11.9 Å². The van der Waals surface area contributed by atoms with Crippen LogP contribution in [-0.2, 0) is 9.59 Å². The molecule has 0 radical (unpaired) electrons. The molecular weight excluding hydrogens is 275 g/mol. The minimum absolute atomic E-state index is 0.165. The molecule has 0 aromatic heterocycles. The summed E-state index contributed by atoms with van der Waals surface area (Å²) in [7, 11) is 0. The van der Waals surface area contributed by atoms with E-state index < -0.39 is 36.4 Å². The average molecular weight is 291 g/mol. The minimum atomic E-state index is -4.85. The molecule has 1 aliphatic heterocycles. The zero-order valence-electron chi connectivity index (χ0n) is 11.1. The number of carbonyl (C=O) groups excluding carboxylic acids is 1. The number of hydrogen-bond acceptors (Lipinski definition) is 2. The lowest BCUT2D eigenvalue weighted by Gasteiger charge is -2.27. The van der Waals surface area contributed by atoms with Crippen molar-refractivity contribution in [3.05, 3.63) is 11.1 Å². The number of carboxylic acids is 1. The summed E-state index contributed by atoms with van der Waals surface area (Å²) in [5.41, 5.74) is -1.38. The van der Waals surface area contributed by atoms with Crippen molar-refractivity contribution in [3.63, 3.8) is 0 Å². The number of carboxylic acid groups (broad SMARTS) is 1. The number of allylic oxidation sites excluding steroid dienone is 1. The third-order valence-electron chi connectivity index (χ3n) is 4.26. The summed E-state index contributed by atoms with van der Waals surface area (Å²) >= 11 is 0. The smallest absolute Gasteiger partial charge is 0.406 e. The van der Waals surface area contributed by atoms with E-state index in [4.69, 9.17) is 5.11 Å². The maximum atomic E-state index is 13.0. The van der Waals surface area contributed by atoms with Gasteiger partial charge in [0.1, 0.15) is 0 Å². The van der Waals surface area contributed by atoms with Crippen LogP contribution in [0.4, 0.5) is 13.2 Å². The van der Waals surface area contributed by atoms with Gasteiger partial charge in [-0.2, -0.15) is 13.2 Å². The normalized spacial score (nSPS) is 27.3. The highest BCUT2D eigenvalue weighted by molar-refractivity contribution is 5.95. The molecule has 1 amide bonds. The summed E-state index contributed by atoms with van der Waals surface area (Å²) in [5, 5.41) is 8.95. The van der Waals surface area contributed by atoms with E-state index in [-0.39, 0.29) is 6.54 Å². The average Bonchev–Trinajstić information content (AvgIpc) is 2.93. The molecule has 0 spiro atoms. The highest BCUT2D eigenvalue weighted by Crippen LogP contribution is 2.46. The highest BCUT2D eigenvalue weighted by Gasteiger charge is 2.64. The molecule has 1 heterocycles. The second-order valence-electron chi connectivity index (χ2n) is 5.47. The number of hydrogen-bond donors (Lipinski definition) is 1. The summed E-state index contributed by atoms with van der Waals surface area (Å²) in [6.07, 6.45) is -3.27.